The number of hydrogen-bond acceptors (Lipinski definition) is 4. The highest BCUT2D eigenvalue weighted by molar-refractivity contribution is 6.76. The van der Waals surface area contributed by atoms with Crippen LogP contribution in [0.15, 0.2) is 31.0 Å². The van der Waals surface area contributed by atoms with Crippen LogP contribution in [0, 0.1) is 0 Å². The van der Waals surface area contributed by atoms with Crippen LogP contribution in [-0.4, -0.2) is 36.3 Å². The van der Waals surface area contributed by atoms with Gasteiger partial charge in [0.15, 0.2) is 0 Å². The summed E-state index contributed by atoms with van der Waals surface area (Å²) < 4.78 is 7.68. The molecule has 1 N–H and O–H groups in total. The lowest BCUT2D eigenvalue weighted by atomic mass is 10.2. The van der Waals surface area contributed by atoms with Gasteiger partial charge in [-0.25, -0.2) is 4.98 Å². The van der Waals surface area contributed by atoms with Gasteiger partial charge >= 0.3 is 0 Å². The van der Waals surface area contributed by atoms with E-state index in [2.05, 4.69) is 34.9 Å². The molecule has 0 aliphatic carbocycles. The molecule has 2 heterocycles. The molecule has 114 valence electrons. The van der Waals surface area contributed by atoms with E-state index in [0.29, 0.717) is 6.73 Å². The third-order valence-electron chi connectivity index (χ3n) is 3.19. The maximum absolute atomic E-state index is 5.72. The lowest BCUT2D eigenvalue weighted by Gasteiger charge is -2.15. The van der Waals surface area contributed by atoms with E-state index < -0.39 is 8.07 Å². The summed E-state index contributed by atoms with van der Waals surface area (Å²) in [5, 5.41) is 3.08. The first-order valence-electron chi connectivity index (χ1n) is 7.21. The number of anilines is 1. The first-order chi connectivity index (χ1) is 9.98. The zero-order chi connectivity index (χ0) is 15.3. The van der Waals surface area contributed by atoms with Crippen LogP contribution in [0.1, 0.15) is 0 Å². The summed E-state index contributed by atoms with van der Waals surface area (Å²) >= 11 is 0. The van der Waals surface area contributed by atoms with Gasteiger partial charge in [-0.15, -0.1) is 0 Å². The van der Waals surface area contributed by atoms with Gasteiger partial charge in [0.2, 0.25) is 0 Å². The molecule has 0 aliphatic heterocycles. The molecule has 2 rings (SSSR count). The average molecular weight is 304 g/mol. The molecule has 0 saturated heterocycles. The van der Waals surface area contributed by atoms with Crippen molar-refractivity contribution in [3.05, 3.63) is 31.0 Å². The lowest BCUT2D eigenvalue weighted by Crippen LogP contribution is -2.21. The van der Waals surface area contributed by atoms with Crippen molar-refractivity contribution in [2.75, 3.05) is 19.0 Å². The molecule has 0 bridgehead atoms. The predicted molar refractivity (Wildman–Crippen MR) is 89.1 cm³/mol. The van der Waals surface area contributed by atoms with E-state index >= 15 is 0 Å². The fourth-order valence-electron chi connectivity index (χ4n) is 1.84. The van der Waals surface area contributed by atoms with Crippen LogP contribution >= 0.6 is 0 Å². The molecule has 0 fully saturated rings. The third-order valence-corrected chi connectivity index (χ3v) is 4.90. The molecule has 2 aromatic rings. The van der Waals surface area contributed by atoms with E-state index in [1.54, 1.807) is 12.5 Å². The van der Waals surface area contributed by atoms with Crippen molar-refractivity contribution in [3.63, 3.8) is 0 Å². The molecule has 0 radical (unpaired) electrons. The van der Waals surface area contributed by atoms with Gasteiger partial charge < -0.3 is 14.6 Å². The van der Waals surface area contributed by atoms with Crippen molar-refractivity contribution in [2.24, 2.45) is 0 Å². The summed E-state index contributed by atoms with van der Waals surface area (Å²) in [5.74, 6) is 0. The zero-order valence-corrected chi connectivity index (χ0v) is 14.3. The Bertz CT molecular complexity index is 577. The molecule has 21 heavy (non-hydrogen) atoms. The standard InChI is InChI=1S/C15H24N4OSi/c1-16-14-7-13(8-17-9-14)15-10-19(11-18-15)12-20-5-6-21(2,3)4/h7-11,16H,5-6,12H2,1-4H3. The second-order valence-electron chi connectivity index (χ2n) is 6.33. The van der Waals surface area contributed by atoms with Crippen molar-refractivity contribution in [1.82, 2.24) is 14.5 Å². The van der Waals surface area contributed by atoms with Gasteiger partial charge in [0.1, 0.15) is 6.73 Å². The van der Waals surface area contributed by atoms with Crippen LogP contribution in [0.3, 0.4) is 0 Å². The van der Waals surface area contributed by atoms with E-state index in [1.165, 1.54) is 6.04 Å². The smallest absolute Gasteiger partial charge is 0.123 e. The molecule has 6 heteroatoms. The molecule has 0 amide bonds. The number of imidazole rings is 1. The highest BCUT2D eigenvalue weighted by Crippen LogP contribution is 2.19. The van der Waals surface area contributed by atoms with Crippen LogP contribution < -0.4 is 5.32 Å². The summed E-state index contributed by atoms with van der Waals surface area (Å²) in [7, 11) is 0.862. The van der Waals surface area contributed by atoms with E-state index in [0.717, 1.165) is 23.6 Å². The van der Waals surface area contributed by atoms with Gasteiger partial charge in [-0.1, -0.05) is 19.6 Å². The Labute approximate surface area is 127 Å². The van der Waals surface area contributed by atoms with Crippen molar-refractivity contribution < 1.29 is 4.74 Å². The number of nitrogens with one attached hydrogen (secondary N) is 1. The first kappa shape index (κ1) is 15.7. The minimum absolute atomic E-state index is 0.552. The highest BCUT2D eigenvalue weighted by atomic mass is 28.3. The number of nitrogens with zero attached hydrogens (tertiary/aromatic N) is 3. The first-order valence-corrected chi connectivity index (χ1v) is 10.9. The van der Waals surface area contributed by atoms with E-state index in [4.69, 9.17) is 4.74 Å². The van der Waals surface area contributed by atoms with Gasteiger partial charge in [-0.3, -0.25) is 4.98 Å². The molecule has 2 aromatic heterocycles. The molecule has 0 saturated carbocycles. The van der Waals surface area contributed by atoms with E-state index in [9.17, 15) is 0 Å². The molecule has 0 aromatic carbocycles. The van der Waals surface area contributed by atoms with Gasteiger partial charge in [-0.05, 0) is 12.1 Å². The van der Waals surface area contributed by atoms with Crippen LogP contribution in [0.4, 0.5) is 5.69 Å². The van der Waals surface area contributed by atoms with Gasteiger partial charge in [0, 0.05) is 45.9 Å². The summed E-state index contributed by atoms with van der Waals surface area (Å²) in [5.41, 5.74) is 2.89. The fourth-order valence-corrected chi connectivity index (χ4v) is 2.60. The minimum Gasteiger partial charge on any atom is -0.387 e. The SMILES string of the molecule is CNc1cncc(-c2cn(COCC[Si](C)(C)C)cn2)c1. The van der Waals surface area contributed by atoms with Crippen LogP contribution in [-0.2, 0) is 11.5 Å². The summed E-state index contributed by atoms with van der Waals surface area (Å²) in [6.45, 7) is 8.44. The van der Waals surface area contributed by atoms with E-state index in [-0.39, 0.29) is 0 Å². The van der Waals surface area contributed by atoms with Gasteiger partial charge in [0.05, 0.1) is 17.7 Å². The van der Waals surface area contributed by atoms with Crippen molar-refractivity contribution in [1.29, 1.82) is 0 Å². The topological polar surface area (TPSA) is 52.0 Å². The average Bonchev–Trinajstić information content (AvgIpc) is 2.91. The maximum Gasteiger partial charge on any atom is 0.123 e. The predicted octanol–water partition coefficient (Wildman–Crippen LogP) is 3.30. The molecular formula is C15H24N4OSi. The number of rotatable bonds is 7. The Kier molecular flexibility index (Phi) is 5.14. The second-order valence-corrected chi connectivity index (χ2v) is 12.0. The second kappa shape index (κ2) is 6.86. The third kappa shape index (κ3) is 4.98. The Morgan fingerprint density at radius 2 is 2.10 bits per heavy atom. The Hall–Kier alpha value is -1.66. The fraction of sp³-hybridized carbons (Fsp3) is 0.467. The lowest BCUT2D eigenvalue weighted by molar-refractivity contribution is 0.0872. The van der Waals surface area contributed by atoms with Crippen LogP contribution in [0.25, 0.3) is 11.3 Å². The monoisotopic (exact) mass is 304 g/mol. The maximum atomic E-state index is 5.72. The van der Waals surface area contributed by atoms with Gasteiger partial charge in [-0.2, -0.15) is 0 Å². The molecule has 5 nitrogen and oxygen atoms in total. The molecule has 0 spiro atoms. The van der Waals surface area contributed by atoms with Crippen molar-refractivity contribution >= 4 is 13.8 Å². The van der Waals surface area contributed by atoms with Crippen LogP contribution in [0.2, 0.25) is 25.7 Å². The largest absolute Gasteiger partial charge is 0.387 e. The number of ether oxygens (including phenoxy) is 1. The number of aromatic nitrogens is 3. The normalized spacial score (nSPS) is 11.6. The number of hydrogen-bond donors (Lipinski definition) is 1. The van der Waals surface area contributed by atoms with Crippen molar-refractivity contribution in [2.45, 2.75) is 32.4 Å². The summed E-state index contributed by atoms with van der Waals surface area (Å²) in [6, 6.07) is 3.22. The van der Waals surface area contributed by atoms with Crippen molar-refractivity contribution in [3.8, 4) is 11.3 Å². The molecule has 0 unspecified atom stereocenters. The Morgan fingerprint density at radius 1 is 1.29 bits per heavy atom. The molecular weight excluding hydrogens is 280 g/mol. The summed E-state index contributed by atoms with van der Waals surface area (Å²) in [4.78, 5) is 8.62. The molecule has 0 aliphatic rings. The Morgan fingerprint density at radius 3 is 2.81 bits per heavy atom. The van der Waals surface area contributed by atoms with E-state index in [1.807, 2.05) is 30.1 Å². The summed E-state index contributed by atoms with van der Waals surface area (Å²) in [6.07, 6.45) is 7.40. The Balaban J connectivity index is 1.92. The minimum atomic E-state index is -1.02. The quantitative estimate of drug-likeness (QED) is 0.630. The number of pyridine rings is 1. The highest BCUT2D eigenvalue weighted by Gasteiger charge is 2.12. The van der Waals surface area contributed by atoms with Gasteiger partial charge in [0.25, 0.3) is 0 Å². The molecule has 0 atom stereocenters. The zero-order valence-electron chi connectivity index (χ0n) is 13.3. The van der Waals surface area contributed by atoms with Crippen LogP contribution in [0.5, 0.6) is 0 Å².